The Morgan fingerprint density at radius 3 is 2.39 bits per heavy atom. The molecule has 0 unspecified atom stereocenters. The van der Waals surface area contributed by atoms with Gasteiger partial charge in [0, 0.05) is 17.9 Å². The Balaban J connectivity index is 1.51. The fourth-order valence-electron chi connectivity index (χ4n) is 5.04. The van der Waals surface area contributed by atoms with Crippen LogP contribution in [0.25, 0.3) is 0 Å². The van der Waals surface area contributed by atoms with Gasteiger partial charge in [0.05, 0.1) is 24.5 Å². The maximum absolute atomic E-state index is 13.2. The summed E-state index contributed by atoms with van der Waals surface area (Å²) in [5.41, 5.74) is 2.24. The summed E-state index contributed by atoms with van der Waals surface area (Å²) in [6.07, 6.45) is 3.22. The number of carbonyl (C=O) groups is 2. The van der Waals surface area contributed by atoms with Crippen molar-refractivity contribution in [2.24, 2.45) is 5.41 Å². The Bertz CT molecular complexity index is 1600. The molecule has 0 saturated heterocycles. The molecular formula is C33H43N7O4. The van der Waals surface area contributed by atoms with Crippen molar-refractivity contribution >= 4 is 23.7 Å². The zero-order valence-corrected chi connectivity index (χ0v) is 26.6. The Labute approximate surface area is 258 Å². The van der Waals surface area contributed by atoms with Crippen LogP contribution in [0.4, 0.5) is 10.6 Å². The maximum atomic E-state index is 13.2. The van der Waals surface area contributed by atoms with Gasteiger partial charge >= 0.3 is 12.0 Å². The van der Waals surface area contributed by atoms with Gasteiger partial charge in [0.15, 0.2) is 0 Å². The van der Waals surface area contributed by atoms with Crippen molar-refractivity contribution < 1.29 is 19.1 Å². The van der Waals surface area contributed by atoms with Gasteiger partial charge in [-0.3, -0.25) is 20.7 Å². The number of anilines is 1. The molecule has 234 valence electrons. The van der Waals surface area contributed by atoms with Gasteiger partial charge < -0.3 is 14.8 Å². The van der Waals surface area contributed by atoms with E-state index in [-0.39, 0.29) is 46.7 Å². The molecule has 11 heteroatoms. The number of carbonyl (C=O) groups excluding carboxylic acids is 2. The third-order valence-electron chi connectivity index (χ3n) is 7.12. The topological polar surface area (TPSA) is 155 Å². The van der Waals surface area contributed by atoms with Crippen molar-refractivity contribution in [1.82, 2.24) is 19.9 Å². The summed E-state index contributed by atoms with van der Waals surface area (Å²) in [6.45, 7) is 14.0. The van der Waals surface area contributed by atoms with Crippen molar-refractivity contribution in [2.75, 3.05) is 11.9 Å². The Morgan fingerprint density at radius 1 is 1.02 bits per heavy atom. The van der Waals surface area contributed by atoms with Gasteiger partial charge in [0.1, 0.15) is 29.0 Å². The monoisotopic (exact) mass is 601 g/mol. The molecule has 2 atom stereocenters. The van der Waals surface area contributed by atoms with E-state index in [0.717, 1.165) is 11.1 Å². The molecule has 0 fully saturated rings. The molecule has 2 heterocycles. The fraction of sp³-hybridized carbons (Fsp3) is 0.455. The minimum Gasteiger partial charge on any atom is -0.484 e. The summed E-state index contributed by atoms with van der Waals surface area (Å²) >= 11 is 0. The van der Waals surface area contributed by atoms with E-state index < -0.39 is 12.0 Å². The van der Waals surface area contributed by atoms with Crippen LogP contribution in [0, 0.1) is 16.2 Å². The van der Waals surface area contributed by atoms with Gasteiger partial charge in [-0.05, 0) is 48.4 Å². The Morgan fingerprint density at radius 2 is 1.73 bits per heavy atom. The molecule has 0 bridgehead atoms. The van der Waals surface area contributed by atoms with E-state index >= 15 is 0 Å². The zero-order valence-electron chi connectivity index (χ0n) is 26.6. The number of nitrogens with one attached hydrogen (secondary N) is 4. The van der Waals surface area contributed by atoms with Crippen molar-refractivity contribution in [3.63, 3.8) is 0 Å². The highest BCUT2D eigenvalue weighted by atomic mass is 16.5. The first-order valence-corrected chi connectivity index (χ1v) is 14.9. The molecule has 11 nitrogen and oxygen atoms in total. The fourth-order valence-corrected chi connectivity index (χ4v) is 5.04. The molecule has 0 radical (unpaired) electrons. The van der Waals surface area contributed by atoms with E-state index in [1.54, 1.807) is 35.9 Å². The minimum absolute atomic E-state index is 0.0878. The van der Waals surface area contributed by atoms with Gasteiger partial charge in [-0.1, -0.05) is 65.8 Å². The minimum atomic E-state index is -0.650. The molecule has 3 aromatic rings. The average molecular weight is 602 g/mol. The molecule has 2 amide bonds. The summed E-state index contributed by atoms with van der Waals surface area (Å²) in [7, 11) is 0. The molecule has 1 aromatic carbocycles. The number of aromatic nitrogens is 3. The number of hydrogen-bond donors (Lipinski definition) is 4. The lowest BCUT2D eigenvalue weighted by Gasteiger charge is -2.32. The van der Waals surface area contributed by atoms with Gasteiger partial charge in [-0.25, -0.2) is 19.6 Å². The highest BCUT2D eigenvalue weighted by Gasteiger charge is 2.30. The summed E-state index contributed by atoms with van der Waals surface area (Å²) in [6, 6.07) is 12.2. The van der Waals surface area contributed by atoms with Crippen LogP contribution in [0.5, 0.6) is 5.75 Å². The molecule has 1 aliphatic carbocycles. The first-order valence-electron chi connectivity index (χ1n) is 14.9. The average Bonchev–Trinajstić information content (AvgIpc) is 2.94. The summed E-state index contributed by atoms with van der Waals surface area (Å²) in [5.74, 6) is 0.354. The smallest absolute Gasteiger partial charge is 0.376 e. The third kappa shape index (κ3) is 8.09. The van der Waals surface area contributed by atoms with Crippen LogP contribution in [0.15, 0.2) is 48.7 Å². The summed E-state index contributed by atoms with van der Waals surface area (Å²) in [4.78, 5) is 34.2. The second-order valence-corrected chi connectivity index (χ2v) is 13.2. The van der Waals surface area contributed by atoms with Crippen LogP contribution >= 0.6 is 0 Å². The van der Waals surface area contributed by atoms with Gasteiger partial charge in [-0.15, -0.1) is 0 Å². The second-order valence-electron chi connectivity index (χ2n) is 13.2. The number of rotatable bonds is 7. The normalized spacial score (nSPS) is 16.4. The SMILES string of the molecule is CCOC(=O)c1nc(NC(=O)N[C@H]2CC[C@@H](Oc3ccc(=N)n(C(=N)CC(C)(C)C)c3)c3ccccc32)cc(C(C)(C)C)n1. The lowest BCUT2D eigenvalue weighted by Crippen LogP contribution is -2.36. The second kappa shape index (κ2) is 13.0. The predicted molar refractivity (Wildman–Crippen MR) is 168 cm³/mol. The van der Waals surface area contributed by atoms with Crippen LogP contribution in [0.2, 0.25) is 0 Å². The summed E-state index contributed by atoms with van der Waals surface area (Å²) < 4.78 is 13.1. The van der Waals surface area contributed by atoms with Crippen LogP contribution in [-0.4, -0.2) is 39.0 Å². The number of ether oxygens (including phenoxy) is 2. The Hall–Kier alpha value is -4.54. The Kier molecular flexibility index (Phi) is 9.56. The van der Waals surface area contributed by atoms with E-state index in [1.807, 2.05) is 45.0 Å². The number of nitrogens with zero attached hydrogens (tertiary/aromatic N) is 3. The first kappa shape index (κ1) is 32.4. The van der Waals surface area contributed by atoms with E-state index in [4.69, 9.17) is 20.3 Å². The van der Waals surface area contributed by atoms with Gasteiger partial charge in [0.25, 0.3) is 0 Å². The zero-order chi connectivity index (χ0) is 32.2. The van der Waals surface area contributed by atoms with Crippen LogP contribution in [0.1, 0.15) is 107 Å². The number of esters is 1. The van der Waals surface area contributed by atoms with E-state index in [2.05, 4.69) is 41.4 Å². The predicted octanol–water partition coefficient (Wildman–Crippen LogP) is 6.27. The van der Waals surface area contributed by atoms with Crippen LogP contribution < -0.4 is 20.9 Å². The molecule has 0 aliphatic heterocycles. The molecular weight excluding hydrogens is 558 g/mol. The number of urea groups is 1. The lowest BCUT2D eigenvalue weighted by atomic mass is 9.85. The van der Waals surface area contributed by atoms with Crippen molar-refractivity contribution in [2.45, 2.75) is 85.3 Å². The molecule has 0 saturated carbocycles. The van der Waals surface area contributed by atoms with Crippen molar-refractivity contribution in [1.29, 1.82) is 10.8 Å². The number of amides is 2. The number of hydrogen-bond acceptors (Lipinski definition) is 8. The van der Waals surface area contributed by atoms with Crippen molar-refractivity contribution in [3.8, 4) is 5.75 Å². The summed E-state index contributed by atoms with van der Waals surface area (Å²) in [5, 5.41) is 22.7. The molecule has 2 aromatic heterocycles. The van der Waals surface area contributed by atoms with Gasteiger partial charge in [-0.2, -0.15) is 0 Å². The molecule has 0 spiro atoms. The van der Waals surface area contributed by atoms with E-state index in [9.17, 15) is 9.59 Å². The number of fused-ring (bicyclic) bond motifs is 1. The third-order valence-corrected chi connectivity index (χ3v) is 7.12. The van der Waals surface area contributed by atoms with Crippen LogP contribution in [0.3, 0.4) is 0 Å². The van der Waals surface area contributed by atoms with Crippen LogP contribution in [-0.2, 0) is 10.2 Å². The molecule has 44 heavy (non-hydrogen) atoms. The highest BCUT2D eigenvalue weighted by molar-refractivity contribution is 5.90. The lowest BCUT2D eigenvalue weighted by molar-refractivity contribution is 0.0511. The molecule has 4 rings (SSSR count). The van der Waals surface area contributed by atoms with Gasteiger partial charge in [0.2, 0.25) is 5.82 Å². The first-order chi connectivity index (χ1) is 20.6. The number of pyridine rings is 1. The maximum Gasteiger partial charge on any atom is 0.376 e. The largest absolute Gasteiger partial charge is 0.484 e. The molecule has 1 aliphatic rings. The quantitative estimate of drug-likeness (QED) is 0.142. The number of benzene rings is 1. The van der Waals surface area contributed by atoms with Crippen molar-refractivity contribution in [3.05, 3.63) is 76.8 Å². The highest BCUT2D eigenvalue weighted by Crippen LogP contribution is 2.38. The molecule has 4 N–H and O–H groups in total. The van der Waals surface area contributed by atoms with E-state index in [0.29, 0.717) is 36.5 Å². The van der Waals surface area contributed by atoms with E-state index in [1.165, 1.54) is 0 Å². The standard InChI is InChI=1S/C33H43N7O4/c1-8-43-30(41)29-37-25(33(5,6)7)17-28(38-29)39-31(42)36-23-14-15-24(22-12-10-9-11-21(22)23)44-20-13-16-26(34)40(19-20)27(35)18-32(2,3)4/h9-13,16-17,19,23-24,34-35H,8,14-15,18H2,1-7H3,(H2,36,37,38,39,42)/t23-,24+/m0/s1.